The number of hydrogen-bond acceptors (Lipinski definition) is 4. The minimum Gasteiger partial charge on any atom is -0.491 e. The molecule has 6 heteroatoms. The Morgan fingerprint density at radius 2 is 1.60 bits per heavy atom. The van der Waals surface area contributed by atoms with Crippen LogP contribution in [0.5, 0.6) is 5.75 Å². The average molecular weight is 410 g/mol. The van der Waals surface area contributed by atoms with Crippen LogP contribution in [0.3, 0.4) is 0 Å². The SMILES string of the molecule is CC1CCN(C(=O)c2ccc(NC(=O)CNc3ccc(OC(C)C)cc3)cc2)CC1. The number of carbonyl (C=O) groups is 2. The minimum atomic E-state index is -0.151. The van der Waals surface area contributed by atoms with Crippen molar-refractivity contribution >= 4 is 23.2 Å². The number of anilines is 2. The van der Waals surface area contributed by atoms with E-state index in [-0.39, 0.29) is 24.5 Å². The first-order valence-electron chi connectivity index (χ1n) is 10.6. The molecular weight excluding hydrogens is 378 g/mol. The van der Waals surface area contributed by atoms with Gasteiger partial charge in [-0.1, -0.05) is 6.92 Å². The highest BCUT2D eigenvalue weighted by Gasteiger charge is 2.21. The van der Waals surface area contributed by atoms with Crippen LogP contribution >= 0.6 is 0 Å². The van der Waals surface area contributed by atoms with E-state index < -0.39 is 0 Å². The summed E-state index contributed by atoms with van der Waals surface area (Å²) in [5.74, 6) is 1.40. The van der Waals surface area contributed by atoms with Gasteiger partial charge in [-0.25, -0.2) is 0 Å². The van der Waals surface area contributed by atoms with Gasteiger partial charge in [-0.15, -0.1) is 0 Å². The van der Waals surface area contributed by atoms with Crippen LogP contribution in [0.2, 0.25) is 0 Å². The van der Waals surface area contributed by atoms with Gasteiger partial charge in [0.1, 0.15) is 5.75 Å². The predicted molar refractivity (Wildman–Crippen MR) is 120 cm³/mol. The number of rotatable bonds is 7. The fourth-order valence-electron chi connectivity index (χ4n) is 3.40. The van der Waals surface area contributed by atoms with Crippen molar-refractivity contribution in [3.8, 4) is 5.75 Å². The van der Waals surface area contributed by atoms with Crippen LogP contribution in [0.25, 0.3) is 0 Å². The number of carbonyl (C=O) groups excluding carboxylic acids is 2. The molecule has 0 aliphatic carbocycles. The quantitative estimate of drug-likeness (QED) is 0.711. The second-order valence-electron chi connectivity index (χ2n) is 8.14. The maximum absolute atomic E-state index is 12.6. The summed E-state index contributed by atoms with van der Waals surface area (Å²) in [4.78, 5) is 26.7. The number of amides is 2. The average Bonchev–Trinajstić information content (AvgIpc) is 2.73. The first-order chi connectivity index (χ1) is 14.4. The lowest BCUT2D eigenvalue weighted by molar-refractivity contribution is -0.114. The second-order valence-corrected chi connectivity index (χ2v) is 8.14. The smallest absolute Gasteiger partial charge is 0.253 e. The van der Waals surface area contributed by atoms with Gasteiger partial charge in [0.15, 0.2) is 0 Å². The number of nitrogens with one attached hydrogen (secondary N) is 2. The molecule has 2 N–H and O–H groups in total. The Morgan fingerprint density at radius 1 is 1.00 bits per heavy atom. The van der Waals surface area contributed by atoms with E-state index in [0.29, 0.717) is 17.2 Å². The Kier molecular flexibility index (Phi) is 7.33. The van der Waals surface area contributed by atoms with Crippen molar-refractivity contribution in [2.45, 2.75) is 39.7 Å². The summed E-state index contributed by atoms with van der Waals surface area (Å²) in [5, 5.41) is 5.94. The van der Waals surface area contributed by atoms with Crippen molar-refractivity contribution in [2.75, 3.05) is 30.3 Å². The molecule has 1 fully saturated rings. The van der Waals surface area contributed by atoms with E-state index in [2.05, 4.69) is 17.6 Å². The normalized spacial score (nSPS) is 14.5. The molecule has 3 rings (SSSR count). The molecule has 6 nitrogen and oxygen atoms in total. The molecular formula is C24H31N3O3. The summed E-state index contributed by atoms with van der Waals surface area (Å²) in [6.45, 7) is 7.96. The highest BCUT2D eigenvalue weighted by Crippen LogP contribution is 2.19. The third kappa shape index (κ3) is 6.24. The second kappa shape index (κ2) is 10.1. The monoisotopic (exact) mass is 409 g/mol. The molecule has 0 saturated carbocycles. The zero-order valence-corrected chi connectivity index (χ0v) is 18.0. The zero-order valence-electron chi connectivity index (χ0n) is 18.0. The van der Waals surface area contributed by atoms with Crippen LogP contribution < -0.4 is 15.4 Å². The molecule has 0 bridgehead atoms. The van der Waals surface area contributed by atoms with Crippen molar-refractivity contribution in [2.24, 2.45) is 5.92 Å². The molecule has 160 valence electrons. The van der Waals surface area contributed by atoms with Crippen molar-refractivity contribution in [3.63, 3.8) is 0 Å². The van der Waals surface area contributed by atoms with Crippen LogP contribution in [0, 0.1) is 5.92 Å². The van der Waals surface area contributed by atoms with Gasteiger partial charge in [-0.2, -0.15) is 0 Å². The largest absolute Gasteiger partial charge is 0.491 e. The third-order valence-corrected chi connectivity index (χ3v) is 5.17. The van der Waals surface area contributed by atoms with Gasteiger partial charge >= 0.3 is 0 Å². The van der Waals surface area contributed by atoms with Crippen LogP contribution in [-0.2, 0) is 4.79 Å². The van der Waals surface area contributed by atoms with Gasteiger partial charge in [0.25, 0.3) is 5.91 Å². The maximum atomic E-state index is 12.6. The summed E-state index contributed by atoms with van der Waals surface area (Å²) in [6.07, 6.45) is 2.24. The van der Waals surface area contributed by atoms with E-state index in [1.54, 1.807) is 24.3 Å². The number of nitrogens with zero attached hydrogens (tertiary/aromatic N) is 1. The van der Waals surface area contributed by atoms with Crippen LogP contribution in [0.4, 0.5) is 11.4 Å². The highest BCUT2D eigenvalue weighted by molar-refractivity contribution is 5.96. The first kappa shape index (κ1) is 21.7. The number of ether oxygens (including phenoxy) is 1. The Balaban J connectivity index is 1.46. The van der Waals surface area contributed by atoms with E-state index in [1.807, 2.05) is 43.0 Å². The Hall–Kier alpha value is -3.02. The Bertz CT molecular complexity index is 839. The first-order valence-corrected chi connectivity index (χ1v) is 10.6. The molecule has 2 amide bonds. The molecule has 2 aromatic carbocycles. The van der Waals surface area contributed by atoms with E-state index >= 15 is 0 Å². The lowest BCUT2D eigenvalue weighted by atomic mass is 9.98. The van der Waals surface area contributed by atoms with Crippen molar-refractivity contribution in [3.05, 3.63) is 54.1 Å². The van der Waals surface area contributed by atoms with Crippen molar-refractivity contribution < 1.29 is 14.3 Å². The molecule has 0 unspecified atom stereocenters. The summed E-state index contributed by atoms with van der Waals surface area (Å²) in [5.41, 5.74) is 2.17. The van der Waals surface area contributed by atoms with E-state index in [9.17, 15) is 9.59 Å². The molecule has 0 spiro atoms. The van der Waals surface area contributed by atoms with Gasteiger partial charge in [0.05, 0.1) is 12.6 Å². The number of benzene rings is 2. The van der Waals surface area contributed by atoms with Gasteiger partial charge in [-0.3, -0.25) is 9.59 Å². The molecule has 0 atom stereocenters. The molecule has 30 heavy (non-hydrogen) atoms. The summed E-state index contributed by atoms with van der Waals surface area (Å²) < 4.78 is 5.61. The van der Waals surface area contributed by atoms with Gasteiger partial charge in [0.2, 0.25) is 5.91 Å². The van der Waals surface area contributed by atoms with E-state index in [0.717, 1.165) is 37.4 Å². The summed E-state index contributed by atoms with van der Waals surface area (Å²) >= 11 is 0. The van der Waals surface area contributed by atoms with Crippen molar-refractivity contribution in [1.82, 2.24) is 4.90 Å². The molecule has 1 saturated heterocycles. The molecule has 2 aromatic rings. The summed E-state index contributed by atoms with van der Waals surface area (Å²) in [6, 6.07) is 14.6. The Morgan fingerprint density at radius 3 is 2.20 bits per heavy atom. The summed E-state index contributed by atoms with van der Waals surface area (Å²) in [7, 11) is 0. The van der Waals surface area contributed by atoms with Gasteiger partial charge in [-0.05, 0) is 81.1 Å². The molecule has 0 radical (unpaired) electrons. The number of likely N-dealkylation sites (tertiary alicyclic amines) is 1. The van der Waals surface area contributed by atoms with E-state index in [1.165, 1.54) is 0 Å². The Labute approximate surface area is 178 Å². The minimum absolute atomic E-state index is 0.0614. The molecule has 1 aliphatic heterocycles. The highest BCUT2D eigenvalue weighted by atomic mass is 16.5. The number of hydrogen-bond donors (Lipinski definition) is 2. The van der Waals surface area contributed by atoms with Crippen LogP contribution in [0.1, 0.15) is 44.0 Å². The lowest BCUT2D eigenvalue weighted by Gasteiger charge is -2.30. The maximum Gasteiger partial charge on any atom is 0.253 e. The third-order valence-electron chi connectivity index (χ3n) is 5.17. The fraction of sp³-hybridized carbons (Fsp3) is 0.417. The molecule has 1 heterocycles. The van der Waals surface area contributed by atoms with Crippen LogP contribution in [0.15, 0.2) is 48.5 Å². The molecule has 1 aliphatic rings. The standard InChI is InChI=1S/C24H31N3O3/c1-17(2)30-22-10-8-20(9-11-22)25-16-23(28)26-21-6-4-19(5-7-21)24(29)27-14-12-18(3)13-15-27/h4-11,17-18,25H,12-16H2,1-3H3,(H,26,28). The lowest BCUT2D eigenvalue weighted by Crippen LogP contribution is -2.37. The number of piperidine rings is 1. The zero-order chi connectivity index (χ0) is 21.5. The predicted octanol–water partition coefficient (Wildman–Crippen LogP) is 4.40. The van der Waals surface area contributed by atoms with Crippen LogP contribution in [-0.4, -0.2) is 42.5 Å². The fourth-order valence-corrected chi connectivity index (χ4v) is 3.40. The van der Waals surface area contributed by atoms with E-state index in [4.69, 9.17) is 4.74 Å². The van der Waals surface area contributed by atoms with Gasteiger partial charge in [0, 0.05) is 30.0 Å². The topological polar surface area (TPSA) is 70.7 Å². The van der Waals surface area contributed by atoms with Crippen molar-refractivity contribution in [1.29, 1.82) is 0 Å². The molecule has 0 aromatic heterocycles. The van der Waals surface area contributed by atoms with Gasteiger partial charge < -0.3 is 20.3 Å².